The Labute approximate surface area is 129 Å². The molecule has 1 aliphatic rings. The summed E-state index contributed by atoms with van der Waals surface area (Å²) in [7, 11) is 0. The minimum absolute atomic E-state index is 0.0717. The van der Waals surface area contributed by atoms with Gasteiger partial charge in [0.25, 0.3) is 5.91 Å². The molecule has 116 valence electrons. The third-order valence-electron chi connectivity index (χ3n) is 4.12. The van der Waals surface area contributed by atoms with Crippen LogP contribution in [0, 0.1) is 11.7 Å². The van der Waals surface area contributed by atoms with E-state index in [1.807, 2.05) is 12.1 Å². The van der Waals surface area contributed by atoms with Crippen LogP contribution >= 0.6 is 0 Å². The summed E-state index contributed by atoms with van der Waals surface area (Å²) < 4.78 is 13.7. The molecule has 1 amide bonds. The Morgan fingerprint density at radius 2 is 2.18 bits per heavy atom. The van der Waals surface area contributed by atoms with Crippen LogP contribution in [0.5, 0.6) is 0 Å². The van der Waals surface area contributed by atoms with E-state index in [2.05, 4.69) is 15.2 Å². The van der Waals surface area contributed by atoms with Crippen molar-refractivity contribution in [3.63, 3.8) is 0 Å². The second-order valence-corrected chi connectivity index (χ2v) is 5.78. The number of aromatic nitrogens is 1. The number of H-pyrrole nitrogens is 1. The zero-order valence-corrected chi connectivity index (χ0v) is 12.4. The molecule has 0 aliphatic carbocycles. The van der Waals surface area contributed by atoms with Gasteiger partial charge in [0.15, 0.2) is 0 Å². The molecule has 5 heteroatoms. The van der Waals surface area contributed by atoms with Gasteiger partial charge >= 0.3 is 0 Å². The van der Waals surface area contributed by atoms with Crippen molar-refractivity contribution < 1.29 is 9.18 Å². The van der Waals surface area contributed by atoms with Crippen molar-refractivity contribution in [1.82, 2.24) is 15.2 Å². The standard InChI is InChI=1S/C17H20FN3O/c18-15-5-2-1-4-14(15)12-21-9-7-13(11-21)10-20-17(22)16-6-3-8-19-16/h1-6,8,13,19H,7,9-12H2,(H,20,22)/t13-/m0/s1. The van der Waals surface area contributed by atoms with Crippen LogP contribution in [0.25, 0.3) is 0 Å². The Kier molecular flexibility index (Phi) is 4.53. The topological polar surface area (TPSA) is 48.1 Å². The highest BCUT2D eigenvalue weighted by atomic mass is 19.1. The van der Waals surface area contributed by atoms with Gasteiger partial charge < -0.3 is 10.3 Å². The van der Waals surface area contributed by atoms with Gasteiger partial charge in [-0.2, -0.15) is 0 Å². The summed E-state index contributed by atoms with van der Waals surface area (Å²) in [5, 5.41) is 2.95. The number of carbonyl (C=O) groups excluding carboxylic acids is 1. The van der Waals surface area contributed by atoms with E-state index < -0.39 is 0 Å². The van der Waals surface area contributed by atoms with Crippen molar-refractivity contribution in [3.8, 4) is 0 Å². The average Bonchev–Trinajstić information content (AvgIpc) is 3.19. The van der Waals surface area contributed by atoms with Crippen LogP contribution in [0.1, 0.15) is 22.5 Å². The maximum atomic E-state index is 13.7. The number of nitrogens with zero attached hydrogens (tertiary/aromatic N) is 1. The average molecular weight is 301 g/mol. The fraction of sp³-hybridized carbons (Fsp3) is 0.353. The van der Waals surface area contributed by atoms with Crippen molar-refractivity contribution in [1.29, 1.82) is 0 Å². The van der Waals surface area contributed by atoms with Gasteiger partial charge in [0.2, 0.25) is 0 Å². The lowest BCUT2D eigenvalue weighted by Crippen LogP contribution is -2.31. The normalized spacial score (nSPS) is 18.5. The Morgan fingerprint density at radius 1 is 1.32 bits per heavy atom. The number of rotatable bonds is 5. The maximum Gasteiger partial charge on any atom is 0.267 e. The van der Waals surface area contributed by atoms with Crippen LogP contribution in [-0.4, -0.2) is 35.4 Å². The van der Waals surface area contributed by atoms with E-state index in [1.54, 1.807) is 24.4 Å². The fourth-order valence-electron chi connectivity index (χ4n) is 2.89. The van der Waals surface area contributed by atoms with Crippen LogP contribution in [0.2, 0.25) is 0 Å². The first-order valence-corrected chi connectivity index (χ1v) is 7.60. The molecule has 0 bridgehead atoms. The number of amides is 1. The molecule has 3 rings (SSSR count). The quantitative estimate of drug-likeness (QED) is 0.891. The number of likely N-dealkylation sites (tertiary alicyclic amines) is 1. The molecule has 0 unspecified atom stereocenters. The van der Waals surface area contributed by atoms with E-state index in [0.717, 1.165) is 25.1 Å². The van der Waals surface area contributed by atoms with E-state index >= 15 is 0 Å². The van der Waals surface area contributed by atoms with E-state index in [0.29, 0.717) is 24.7 Å². The smallest absolute Gasteiger partial charge is 0.267 e. The molecule has 1 saturated heterocycles. The molecule has 2 heterocycles. The van der Waals surface area contributed by atoms with Crippen molar-refractivity contribution >= 4 is 5.91 Å². The van der Waals surface area contributed by atoms with Gasteiger partial charge in [-0.3, -0.25) is 9.69 Å². The summed E-state index contributed by atoms with van der Waals surface area (Å²) in [6, 6.07) is 10.5. The first kappa shape index (κ1) is 14.8. The molecule has 4 nitrogen and oxygen atoms in total. The van der Waals surface area contributed by atoms with Gasteiger partial charge in [0, 0.05) is 31.4 Å². The Morgan fingerprint density at radius 3 is 2.95 bits per heavy atom. The summed E-state index contributed by atoms with van der Waals surface area (Å²) in [4.78, 5) is 17.0. The third-order valence-corrected chi connectivity index (χ3v) is 4.12. The van der Waals surface area contributed by atoms with Crippen LogP contribution in [0.3, 0.4) is 0 Å². The summed E-state index contributed by atoms with van der Waals surface area (Å²) in [6.45, 7) is 3.12. The summed E-state index contributed by atoms with van der Waals surface area (Å²) in [5.41, 5.74) is 1.32. The van der Waals surface area contributed by atoms with E-state index in [-0.39, 0.29) is 11.7 Å². The second kappa shape index (κ2) is 6.75. The minimum Gasteiger partial charge on any atom is -0.357 e. The first-order chi connectivity index (χ1) is 10.7. The lowest BCUT2D eigenvalue weighted by Gasteiger charge is -2.16. The molecule has 22 heavy (non-hydrogen) atoms. The fourth-order valence-corrected chi connectivity index (χ4v) is 2.89. The Bertz CT molecular complexity index is 627. The predicted octanol–water partition coefficient (Wildman–Crippen LogP) is 2.41. The van der Waals surface area contributed by atoms with Gasteiger partial charge in [-0.15, -0.1) is 0 Å². The highest BCUT2D eigenvalue weighted by Crippen LogP contribution is 2.19. The lowest BCUT2D eigenvalue weighted by molar-refractivity contribution is 0.0943. The van der Waals surface area contributed by atoms with Gasteiger partial charge in [0.1, 0.15) is 11.5 Å². The zero-order chi connectivity index (χ0) is 15.4. The highest BCUT2D eigenvalue weighted by molar-refractivity contribution is 5.92. The third kappa shape index (κ3) is 3.54. The highest BCUT2D eigenvalue weighted by Gasteiger charge is 2.23. The monoisotopic (exact) mass is 301 g/mol. The molecule has 0 radical (unpaired) electrons. The van der Waals surface area contributed by atoms with Gasteiger partial charge in [0.05, 0.1) is 0 Å². The molecule has 1 fully saturated rings. The van der Waals surface area contributed by atoms with Crippen molar-refractivity contribution in [2.24, 2.45) is 5.92 Å². The van der Waals surface area contributed by atoms with Crippen molar-refractivity contribution in [3.05, 3.63) is 59.7 Å². The molecule has 2 N–H and O–H groups in total. The molecule has 0 saturated carbocycles. The summed E-state index contributed by atoms with van der Waals surface area (Å²) >= 11 is 0. The maximum absolute atomic E-state index is 13.7. The number of hydrogen-bond acceptors (Lipinski definition) is 2. The number of hydrogen-bond donors (Lipinski definition) is 2. The lowest BCUT2D eigenvalue weighted by atomic mass is 10.1. The molecule has 0 spiro atoms. The van der Waals surface area contributed by atoms with Gasteiger partial charge in [-0.05, 0) is 37.1 Å². The van der Waals surface area contributed by atoms with E-state index in [4.69, 9.17) is 0 Å². The SMILES string of the molecule is O=C(NC[C@@H]1CCN(Cc2ccccc2F)C1)c1ccc[nH]1. The molecular weight excluding hydrogens is 281 g/mol. The van der Waals surface area contributed by atoms with Crippen LogP contribution in [-0.2, 0) is 6.54 Å². The summed E-state index contributed by atoms with van der Waals surface area (Å²) in [6.07, 6.45) is 2.76. The largest absolute Gasteiger partial charge is 0.357 e. The predicted molar refractivity (Wildman–Crippen MR) is 82.9 cm³/mol. The number of carbonyl (C=O) groups is 1. The van der Waals surface area contributed by atoms with Crippen LogP contribution in [0.15, 0.2) is 42.6 Å². The van der Waals surface area contributed by atoms with E-state index in [9.17, 15) is 9.18 Å². The van der Waals surface area contributed by atoms with Crippen molar-refractivity contribution in [2.45, 2.75) is 13.0 Å². The zero-order valence-electron chi connectivity index (χ0n) is 12.4. The number of benzene rings is 1. The van der Waals surface area contributed by atoms with Crippen LogP contribution < -0.4 is 5.32 Å². The molecule has 2 aromatic rings. The number of aromatic amines is 1. The molecule has 1 aromatic heterocycles. The second-order valence-electron chi connectivity index (χ2n) is 5.78. The molecule has 1 aromatic carbocycles. The molecule has 1 aliphatic heterocycles. The van der Waals surface area contributed by atoms with Crippen molar-refractivity contribution in [2.75, 3.05) is 19.6 Å². The minimum atomic E-state index is -0.147. The van der Waals surface area contributed by atoms with Crippen LogP contribution in [0.4, 0.5) is 4.39 Å². The summed E-state index contributed by atoms with van der Waals surface area (Å²) in [5.74, 6) is 0.203. The Hall–Kier alpha value is -2.14. The molecular formula is C17H20FN3O. The van der Waals surface area contributed by atoms with E-state index in [1.165, 1.54) is 6.07 Å². The van der Waals surface area contributed by atoms with Gasteiger partial charge in [-0.1, -0.05) is 18.2 Å². The number of nitrogens with one attached hydrogen (secondary N) is 2. The van der Waals surface area contributed by atoms with Gasteiger partial charge in [-0.25, -0.2) is 4.39 Å². The Balaban J connectivity index is 1.46. The number of halogens is 1. The first-order valence-electron chi connectivity index (χ1n) is 7.60. The molecule has 1 atom stereocenters.